The summed E-state index contributed by atoms with van der Waals surface area (Å²) in [6, 6.07) is 8.75. The van der Waals surface area contributed by atoms with Crippen molar-refractivity contribution in [2.24, 2.45) is 0 Å². The van der Waals surface area contributed by atoms with Crippen LogP contribution in [0.2, 0.25) is 0 Å². The molecule has 1 saturated heterocycles. The highest BCUT2D eigenvalue weighted by atomic mass is 19.1. The van der Waals surface area contributed by atoms with Crippen molar-refractivity contribution in [3.63, 3.8) is 0 Å². The summed E-state index contributed by atoms with van der Waals surface area (Å²) in [4.78, 5) is 18.9. The predicted octanol–water partition coefficient (Wildman–Crippen LogP) is 2.18. The van der Waals surface area contributed by atoms with Gasteiger partial charge in [-0.2, -0.15) is 4.39 Å². The third-order valence-electron chi connectivity index (χ3n) is 4.72. The summed E-state index contributed by atoms with van der Waals surface area (Å²) in [7, 11) is 0. The third-order valence-corrected chi connectivity index (χ3v) is 4.72. The van der Waals surface area contributed by atoms with Crippen LogP contribution in [0.5, 0.6) is 0 Å². The first-order valence-electron chi connectivity index (χ1n) is 8.92. The molecule has 0 aromatic carbocycles. The van der Waals surface area contributed by atoms with Crippen LogP contribution in [0, 0.1) is 12.9 Å². The molecular weight excluding hydrogens is 351 g/mol. The van der Waals surface area contributed by atoms with Crippen molar-refractivity contribution in [2.75, 3.05) is 32.8 Å². The van der Waals surface area contributed by atoms with E-state index in [1.54, 1.807) is 18.2 Å². The van der Waals surface area contributed by atoms with Crippen molar-refractivity contribution in [2.45, 2.75) is 13.0 Å². The number of hydrogen-bond donors (Lipinski definition) is 1. The number of nitrogens with zero attached hydrogens (tertiary/aromatic N) is 3. The normalized spacial score (nSPS) is 16.5. The lowest BCUT2D eigenvalue weighted by Gasteiger charge is -2.33. The monoisotopic (exact) mass is 372 g/mol. The molecule has 0 saturated carbocycles. The van der Waals surface area contributed by atoms with E-state index in [1.807, 2.05) is 19.1 Å². The number of hydrogen-bond acceptors (Lipinski definition) is 5. The summed E-state index contributed by atoms with van der Waals surface area (Å²) < 4.78 is 26.9. The van der Waals surface area contributed by atoms with Gasteiger partial charge in [0.05, 0.1) is 19.3 Å². The molecule has 7 nitrogen and oxygen atoms in total. The zero-order chi connectivity index (χ0) is 18.8. The summed E-state index contributed by atoms with van der Waals surface area (Å²) in [6.07, 6.45) is 1.54. The number of carbonyl (C=O) groups excluding carboxylic acids is 1. The first-order valence-corrected chi connectivity index (χ1v) is 8.92. The fraction of sp³-hybridized carbons (Fsp3) is 0.368. The Hall–Kier alpha value is -2.71. The van der Waals surface area contributed by atoms with Gasteiger partial charge in [0.15, 0.2) is 5.69 Å². The number of amides is 1. The van der Waals surface area contributed by atoms with Gasteiger partial charge in [-0.05, 0) is 31.2 Å². The van der Waals surface area contributed by atoms with Crippen molar-refractivity contribution in [3.05, 3.63) is 59.7 Å². The van der Waals surface area contributed by atoms with E-state index in [1.165, 1.54) is 10.6 Å². The number of carbonyl (C=O) groups is 1. The second kappa shape index (κ2) is 7.50. The van der Waals surface area contributed by atoms with Crippen LogP contribution < -0.4 is 5.32 Å². The number of ether oxygens (including phenoxy) is 1. The molecule has 0 radical (unpaired) electrons. The first-order chi connectivity index (χ1) is 13.1. The Morgan fingerprint density at radius 1 is 1.30 bits per heavy atom. The standard InChI is InChI=1S/C19H21FN4O3/c1-13-5-6-15(27-13)14(23-8-10-26-11-9-23)12-21-19(25)17-18(20)24-7-3-2-4-16(24)22-17/h2-7,14H,8-12H2,1H3,(H,21,25)/t14-/m1/s1. The molecule has 8 heteroatoms. The van der Waals surface area contributed by atoms with Crippen molar-refractivity contribution in [1.82, 2.24) is 19.6 Å². The summed E-state index contributed by atoms with van der Waals surface area (Å²) in [5.41, 5.74) is 0.184. The molecule has 3 aromatic heterocycles. The lowest BCUT2D eigenvalue weighted by atomic mass is 10.1. The Morgan fingerprint density at radius 3 is 2.81 bits per heavy atom. The Balaban J connectivity index is 1.52. The van der Waals surface area contributed by atoms with Gasteiger partial charge in [-0.15, -0.1) is 0 Å². The van der Waals surface area contributed by atoms with Crippen LogP contribution in [0.25, 0.3) is 5.65 Å². The number of fused-ring (bicyclic) bond motifs is 1. The van der Waals surface area contributed by atoms with Crippen LogP contribution >= 0.6 is 0 Å². The van der Waals surface area contributed by atoms with Crippen molar-refractivity contribution < 1.29 is 18.3 Å². The number of furan rings is 1. The first kappa shape index (κ1) is 17.7. The molecule has 4 heterocycles. The van der Waals surface area contributed by atoms with Gasteiger partial charge < -0.3 is 14.5 Å². The summed E-state index contributed by atoms with van der Waals surface area (Å²) in [5.74, 6) is 0.365. The molecule has 1 amide bonds. The second-order valence-corrected chi connectivity index (χ2v) is 6.50. The van der Waals surface area contributed by atoms with Crippen LogP contribution in [0.1, 0.15) is 28.1 Å². The van der Waals surface area contributed by atoms with E-state index >= 15 is 0 Å². The number of imidazole rings is 1. The van der Waals surface area contributed by atoms with Gasteiger partial charge in [0, 0.05) is 25.8 Å². The molecule has 1 atom stereocenters. The third kappa shape index (κ3) is 3.58. The fourth-order valence-electron chi connectivity index (χ4n) is 3.31. The minimum atomic E-state index is -0.667. The predicted molar refractivity (Wildman–Crippen MR) is 96.1 cm³/mol. The lowest BCUT2D eigenvalue weighted by Crippen LogP contribution is -2.43. The van der Waals surface area contributed by atoms with Crippen LogP contribution in [0.4, 0.5) is 4.39 Å². The number of aryl methyl sites for hydroxylation is 1. The molecule has 1 N–H and O–H groups in total. The maximum absolute atomic E-state index is 14.5. The minimum absolute atomic E-state index is 0.147. The topological polar surface area (TPSA) is 72.0 Å². The quantitative estimate of drug-likeness (QED) is 0.743. The molecule has 1 aliphatic heterocycles. The molecule has 4 rings (SSSR count). The van der Waals surface area contributed by atoms with Crippen molar-refractivity contribution in [3.8, 4) is 0 Å². The average Bonchev–Trinajstić information content (AvgIpc) is 3.27. The maximum Gasteiger partial charge on any atom is 0.274 e. The summed E-state index contributed by atoms with van der Waals surface area (Å²) in [6.45, 7) is 4.91. The van der Waals surface area contributed by atoms with Crippen molar-refractivity contribution >= 4 is 11.6 Å². The maximum atomic E-state index is 14.5. The molecule has 1 fully saturated rings. The molecule has 0 bridgehead atoms. The number of pyridine rings is 1. The van der Waals surface area contributed by atoms with Gasteiger partial charge in [-0.1, -0.05) is 6.07 Å². The van der Waals surface area contributed by atoms with Gasteiger partial charge in [-0.25, -0.2) is 4.98 Å². The molecule has 27 heavy (non-hydrogen) atoms. The number of rotatable bonds is 5. The molecule has 0 spiro atoms. The zero-order valence-electron chi connectivity index (χ0n) is 15.0. The smallest absolute Gasteiger partial charge is 0.274 e. The van der Waals surface area contributed by atoms with E-state index in [4.69, 9.17) is 9.15 Å². The highest BCUT2D eigenvalue weighted by Gasteiger charge is 2.27. The Kier molecular flexibility index (Phi) is 4.91. The molecule has 0 aliphatic carbocycles. The molecule has 3 aromatic rings. The van der Waals surface area contributed by atoms with Gasteiger partial charge >= 0.3 is 0 Å². The van der Waals surface area contributed by atoms with Crippen LogP contribution in [-0.2, 0) is 4.74 Å². The highest BCUT2D eigenvalue weighted by Crippen LogP contribution is 2.23. The molecular formula is C19H21FN4O3. The largest absolute Gasteiger partial charge is 0.465 e. The van der Waals surface area contributed by atoms with E-state index in [0.29, 0.717) is 25.4 Å². The van der Waals surface area contributed by atoms with Crippen LogP contribution in [0.3, 0.4) is 0 Å². The fourth-order valence-corrected chi connectivity index (χ4v) is 3.31. The Morgan fingerprint density at radius 2 is 2.11 bits per heavy atom. The average molecular weight is 372 g/mol. The lowest BCUT2D eigenvalue weighted by molar-refractivity contribution is 0.0116. The van der Waals surface area contributed by atoms with E-state index in [2.05, 4.69) is 15.2 Å². The second-order valence-electron chi connectivity index (χ2n) is 6.50. The van der Waals surface area contributed by atoms with Crippen LogP contribution in [0.15, 0.2) is 40.9 Å². The van der Waals surface area contributed by atoms with Gasteiger partial charge in [-0.3, -0.25) is 14.1 Å². The molecule has 0 unspecified atom stereocenters. The van der Waals surface area contributed by atoms with Crippen molar-refractivity contribution in [1.29, 1.82) is 0 Å². The number of aromatic nitrogens is 2. The zero-order valence-corrected chi connectivity index (χ0v) is 15.0. The van der Waals surface area contributed by atoms with E-state index in [0.717, 1.165) is 24.6 Å². The Bertz CT molecular complexity index is 945. The van der Waals surface area contributed by atoms with Gasteiger partial charge in [0.25, 0.3) is 5.91 Å². The number of halogens is 1. The van der Waals surface area contributed by atoms with E-state index < -0.39 is 11.9 Å². The van der Waals surface area contributed by atoms with E-state index in [-0.39, 0.29) is 11.7 Å². The van der Waals surface area contributed by atoms with E-state index in [9.17, 15) is 9.18 Å². The summed E-state index contributed by atoms with van der Waals surface area (Å²) >= 11 is 0. The van der Waals surface area contributed by atoms with Gasteiger partial charge in [0.2, 0.25) is 5.95 Å². The summed E-state index contributed by atoms with van der Waals surface area (Å²) in [5, 5.41) is 2.81. The molecule has 1 aliphatic rings. The number of morpholine rings is 1. The molecule has 142 valence electrons. The Labute approximate surface area is 155 Å². The minimum Gasteiger partial charge on any atom is -0.465 e. The van der Waals surface area contributed by atoms with Crippen LogP contribution in [-0.4, -0.2) is 53.0 Å². The number of nitrogens with one attached hydrogen (secondary N) is 1. The SMILES string of the molecule is Cc1ccc([C@@H](CNC(=O)c2nc3ccccn3c2F)N2CCOCC2)o1. The van der Waals surface area contributed by atoms with Gasteiger partial charge in [0.1, 0.15) is 17.2 Å². The highest BCUT2D eigenvalue weighted by molar-refractivity contribution is 5.93.